The van der Waals surface area contributed by atoms with Gasteiger partial charge in [0.25, 0.3) is 5.91 Å². The van der Waals surface area contributed by atoms with E-state index in [0.717, 1.165) is 12.8 Å². The number of hydrogen-bond acceptors (Lipinski definition) is 5. The van der Waals surface area contributed by atoms with Crippen molar-refractivity contribution in [1.29, 1.82) is 0 Å². The van der Waals surface area contributed by atoms with Crippen LogP contribution in [0.25, 0.3) is 5.69 Å². The number of carbonyl (C=O) groups is 1. The average molecular weight is 336 g/mol. The van der Waals surface area contributed by atoms with Gasteiger partial charge < -0.3 is 10.1 Å². The third-order valence-corrected chi connectivity index (χ3v) is 4.17. The fourth-order valence-corrected chi connectivity index (χ4v) is 2.93. The molecule has 7 nitrogen and oxygen atoms in total. The molecule has 23 heavy (non-hydrogen) atoms. The summed E-state index contributed by atoms with van der Waals surface area (Å²) >= 11 is 6.18. The van der Waals surface area contributed by atoms with Crippen LogP contribution in [0, 0.1) is 0 Å². The smallest absolute Gasteiger partial charge is 0.253 e. The number of halogens is 1. The largest absolute Gasteiger partial charge is 0.375 e. The van der Waals surface area contributed by atoms with Crippen LogP contribution in [0.4, 0.5) is 0 Å². The zero-order valence-corrected chi connectivity index (χ0v) is 13.7. The minimum atomic E-state index is -0.228. The van der Waals surface area contributed by atoms with E-state index in [1.54, 1.807) is 18.2 Å². The number of rotatable bonds is 3. The van der Waals surface area contributed by atoms with Gasteiger partial charge in [0.2, 0.25) is 0 Å². The highest BCUT2D eigenvalue weighted by atomic mass is 35.5. The zero-order valence-electron chi connectivity index (χ0n) is 13.0. The molecule has 1 amide bonds. The Morgan fingerprint density at radius 3 is 3.00 bits per heavy atom. The maximum absolute atomic E-state index is 12.6. The Bertz CT molecular complexity index is 702. The van der Waals surface area contributed by atoms with Crippen LogP contribution in [0.15, 0.2) is 24.5 Å². The Kier molecular flexibility index (Phi) is 4.32. The highest BCUT2D eigenvalue weighted by Gasteiger charge is 2.30. The number of benzene rings is 1. The van der Waals surface area contributed by atoms with Crippen molar-refractivity contribution in [3.8, 4) is 5.69 Å². The summed E-state index contributed by atoms with van der Waals surface area (Å²) in [5.74, 6) is -0.201. The van der Waals surface area contributed by atoms with Gasteiger partial charge in [0.1, 0.15) is 6.33 Å². The number of nitrogens with zero attached hydrogens (tertiary/aromatic N) is 4. The number of hydrogen-bond donors (Lipinski definition) is 1. The van der Waals surface area contributed by atoms with E-state index in [4.69, 9.17) is 16.3 Å². The standard InChI is InChI=1S/C15H18ClN5O2/c1-15(2)8-10(5-6-23-15)18-14(22)12-7-11(3-4-13(12)16)21-9-17-19-20-21/h3-4,7,9-10H,5-6,8H2,1-2H3,(H,18,22). The summed E-state index contributed by atoms with van der Waals surface area (Å²) in [6.07, 6.45) is 3.02. The summed E-state index contributed by atoms with van der Waals surface area (Å²) in [4.78, 5) is 12.6. The minimum absolute atomic E-state index is 0.0685. The Morgan fingerprint density at radius 1 is 1.48 bits per heavy atom. The van der Waals surface area contributed by atoms with E-state index in [1.165, 1.54) is 11.0 Å². The van der Waals surface area contributed by atoms with E-state index >= 15 is 0 Å². The molecule has 0 radical (unpaired) electrons. The fourth-order valence-electron chi connectivity index (χ4n) is 2.73. The van der Waals surface area contributed by atoms with E-state index in [2.05, 4.69) is 20.8 Å². The number of aromatic nitrogens is 4. The van der Waals surface area contributed by atoms with Gasteiger partial charge in [-0.25, -0.2) is 4.68 Å². The van der Waals surface area contributed by atoms with Crippen LogP contribution in [0.3, 0.4) is 0 Å². The number of ether oxygens (including phenoxy) is 1. The van der Waals surface area contributed by atoms with Gasteiger partial charge in [0.15, 0.2) is 0 Å². The van der Waals surface area contributed by atoms with Crippen LogP contribution in [0.1, 0.15) is 37.0 Å². The lowest BCUT2D eigenvalue weighted by atomic mass is 9.94. The van der Waals surface area contributed by atoms with E-state index in [9.17, 15) is 4.79 Å². The van der Waals surface area contributed by atoms with Crippen molar-refractivity contribution in [3.63, 3.8) is 0 Å². The lowest BCUT2D eigenvalue weighted by Gasteiger charge is -2.35. The summed E-state index contributed by atoms with van der Waals surface area (Å²) in [5.41, 5.74) is 0.856. The summed E-state index contributed by atoms with van der Waals surface area (Å²) in [6, 6.07) is 5.17. The zero-order chi connectivity index (χ0) is 16.4. The van der Waals surface area contributed by atoms with Crippen molar-refractivity contribution in [1.82, 2.24) is 25.5 Å². The summed E-state index contributed by atoms with van der Waals surface area (Å²) in [5, 5.41) is 14.4. The highest BCUT2D eigenvalue weighted by Crippen LogP contribution is 2.25. The predicted molar refractivity (Wildman–Crippen MR) is 84.7 cm³/mol. The third-order valence-electron chi connectivity index (χ3n) is 3.84. The minimum Gasteiger partial charge on any atom is -0.375 e. The van der Waals surface area contributed by atoms with Gasteiger partial charge in [0, 0.05) is 12.6 Å². The summed E-state index contributed by atoms with van der Waals surface area (Å²) < 4.78 is 7.15. The molecule has 1 aromatic heterocycles. The van der Waals surface area contributed by atoms with Gasteiger partial charge in [-0.2, -0.15) is 0 Å². The van der Waals surface area contributed by atoms with Crippen LogP contribution in [-0.4, -0.2) is 44.4 Å². The van der Waals surface area contributed by atoms with Crippen molar-refractivity contribution in [2.24, 2.45) is 0 Å². The second kappa shape index (κ2) is 6.25. The first-order valence-electron chi connectivity index (χ1n) is 7.42. The maximum atomic E-state index is 12.6. The monoisotopic (exact) mass is 335 g/mol. The second-order valence-corrected chi connectivity index (χ2v) is 6.60. The lowest BCUT2D eigenvalue weighted by molar-refractivity contribution is -0.0615. The molecule has 1 unspecified atom stereocenters. The van der Waals surface area contributed by atoms with Gasteiger partial charge >= 0.3 is 0 Å². The molecule has 1 N–H and O–H groups in total. The van der Waals surface area contributed by atoms with Gasteiger partial charge in [-0.05, 0) is 55.3 Å². The van der Waals surface area contributed by atoms with E-state index in [1.807, 2.05) is 13.8 Å². The fraction of sp³-hybridized carbons (Fsp3) is 0.467. The predicted octanol–water partition coefficient (Wildman–Crippen LogP) is 2.00. The van der Waals surface area contributed by atoms with E-state index < -0.39 is 0 Å². The second-order valence-electron chi connectivity index (χ2n) is 6.19. The first kappa shape index (κ1) is 15.9. The Hall–Kier alpha value is -1.99. The molecule has 1 saturated heterocycles. The van der Waals surface area contributed by atoms with Gasteiger partial charge in [-0.15, -0.1) is 5.10 Å². The highest BCUT2D eigenvalue weighted by molar-refractivity contribution is 6.33. The molecule has 0 bridgehead atoms. The van der Waals surface area contributed by atoms with Gasteiger partial charge in [-0.1, -0.05) is 11.6 Å². The van der Waals surface area contributed by atoms with Crippen LogP contribution in [0.2, 0.25) is 5.02 Å². The molecule has 0 aliphatic carbocycles. The molecule has 2 heterocycles. The molecule has 1 aromatic carbocycles. The van der Waals surface area contributed by atoms with Crippen molar-refractivity contribution < 1.29 is 9.53 Å². The Morgan fingerprint density at radius 2 is 2.30 bits per heavy atom. The van der Waals surface area contributed by atoms with Crippen molar-refractivity contribution in [2.45, 2.75) is 38.3 Å². The van der Waals surface area contributed by atoms with Crippen molar-refractivity contribution >= 4 is 17.5 Å². The molecule has 2 aromatic rings. The van der Waals surface area contributed by atoms with Crippen LogP contribution >= 0.6 is 11.6 Å². The number of nitrogens with one attached hydrogen (secondary N) is 1. The van der Waals surface area contributed by atoms with E-state index in [0.29, 0.717) is 22.9 Å². The maximum Gasteiger partial charge on any atom is 0.253 e. The first-order valence-corrected chi connectivity index (χ1v) is 7.80. The van der Waals surface area contributed by atoms with Crippen LogP contribution in [0.5, 0.6) is 0 Å². The van der Waals surface area contributed by atoms with Gasteiger partial charge in [-0.3, -0.25) is 4.79 Å². The Balaban J connectivity index is 1.78. The van der Waals surface area contributed by atoms with Crippen LogP contribution in [-0.2, 0) is 4.74 Å². The topological polar surface area (TPSA) is 81.9 Å². The molecular weight excluding hydrogens is 318 g/mol. The number of tetrazole rings is 1. The lowest BCUT2D eigenvalue weighted by Crippen LogP contribution is -2.45. The summed E-state index contributed by atoms with van der Waals surface area (Å²) in [6.45, 7) is 4.68. The Labute approximate surface area is 139 Å². The molecule has 122 valence electrons. The summed E-state index contributed by atoms with van der Waals surface area (Å²) in [7, 11) is 0. The number of carbonyl (C=O) groups excluding carboxylic acids is 1. The van der Waals surface area contributed by atoms with E-state index in [-0.39, 0.29) is 17.6 Å². The average Bonchev–Trinajstić information content (AvgIpc) is 3.00. The van der Waals surface area contributed by atoms with Crippen LogP contribution < -0.4 is 5.32 Å². The third kappa shape index (κ3) is 3.68. The van der Waals surface area contributed by atoms with Crippen molar-refractivity contribution in [3.05, 3.63) is 35.1 Å². The molecule has 1 aliphatic heterocycles. The quantitative estimate of drug-likeness (QED) is 0.927. The first-order chi connectivity index (χ1) is 10.9. The molecule has 1 fully saturated rings. The molecule has 1 aliphatic rings. The molecule has 0 saturated carbocycles. The molecule has 8 heteroatoms. The van der Waals surface area contributed by atoms with Crippen molar-refractivity contribution in [2.75, 3.05) is 6.61 Å². The molecule has 1 atom stereocenters. The molecular formula is C15H18ClN5O2. The number of amides is 1. The SMILES string of the molecule is CC1(C)CC(NC(=O)c2cc(-n3cnnn3)ccc2Cl)CCO1. The van der Waals surface area contributed by atoms with Gasteiger partial charge in [0.05, 0.1) is 21.9 Å². The normalized spacial score (nSPS) is 20.2. The molecule has 0 spiro atoms. The molecule has 3 rings (SSSR count).